The number of urea groups is 1. The molecule has 1 rings (SSSR count). The maximum absolute atomic E-state index is 11.9. The van der Waals surface area contributed by atoms with Crippen LogP contribution in [0.25, 0.3) is 0 Å². The van der Waals surface area contributed by atoms with Crippen molar-refractivity contribution in [3.63, 3.8) is 0 Å². The number of benzene rings is 1. The van der Waals surface area contributed by atoms with E-state index >= 15 is 0 Å². The summed E-state index contributed by atoms with van der Waals surface area (Å²) in [5.41, 5.74) is 1.42. The van der Waals surface area contributed by atoms with Gasteiger partial charge in [-0.1, -0.05) is 12.1 Å². The lowest BCUT2D eigenvalue weighted by Gasteiger charge is -2.21. The number of aliphatic hydroxyl groups excluding tert-OH is 2. The smallest absolute Gasteiger partial charge is 0.321 e. The van der Waals surface area contributed by atoms with E-state index in [4.69, 9.17) is 4.74 Å². The molecule has 0 saturated carbocycles. The second-order valence-electron chi connectivity index (χ2n) is 4.72. The second kappa shape index (κ2) is 7.84. The minimum atomic E-state index is -0.714. The Kier molecular flexibility index (Phi) is 6.44. The number of hydrogen-bond donors (Lipinski definition) is 3. The number of anilines is 1. The zero-order valence-corrected chi connectivity index (χ0v) is 12.0. The van der Waals surface area contributed by atoms with Gasteiger partial charge in [0.1, 0.15) is 0 Å². The first-order valence-electron chi connectivity index (χ1n) is 6.41. The minimum Gasteiger partial charge on any atom is -0.389 e. The van der Waals surface area contributed by atoms with Crippen LogP contribution in [0, 0.1) is 0 Å². The average Bonchev–Trinajstić information content (AvgIpc) is 2.39. The number of carbonyl (C=O) groups excluding carboxylic acids is 1. The van der Waals surface area contributed by atoms with Crippen LogP contribution in [-0.4, -0.2) is 54.6 Å². The Morgan fingerprint density at radius 2 is 1.95 bits per heavy atom. The number of hydrogen-bond acceptors (Lipinski definition) is 4. The topological polar surface area (TPSA) is 82.0 Å². The molecule has 3 N–H and O–H groups in total. The molecule has 1 aromatic rings. The third-order valence-electron chi connectivity index (χ3n) is 2.83. The van der Waals surface area contributed by atoms with E-state index in [2.05, 4.69) is 5.32 Å². The first-order chi connectivity index (χ1) is 9.43. The van der Waals surface area contributed by atoms with Crippen molar-refractivity contribution in [3.05, 3.63) is 29.8 Å². The van der Waals surface area contributed by atoms with Crippen molar-refractivity contribution in [2.45, 2.75) is 19.1 Å². The molecule has 0 radical (unpaired) electrons. The van der Waals surface area contributed by atoms with Gasteiger partial charge in [-0.25, -0.2) is 4.79 Å². The molecule has 20 heavy (non-hydrogen) atoms. The highest BCUT2D eigenvalue weighted by Gasteiger charge is 2.13. The fraction of sp³-hybridized carbons (Fsp3) is 0.500. The molecule has 2 amide bonds. The first kappa shape index (κ1) is 16.4. The highest BCUT2D eigenvalue weighted by atomic mass is 16.5. The van der Waals surface area contributed by atoms with Crippen LogP contribution < -0.4 is 5.32 Å². The van der Waals surface area contributed by atoms with Crippen LogP contribution in [0.1, 0.15) is 18.6 Å². The van der Waals surface area contributed by atoms with Crippen LogP contribution in [0.2, 0.25) is 0 Å². The monoisotopic (exact) mass is 282 g/mol. The molecule has 2 atom stereocenters. The third-order valence-corrected chi connectivity index (χ3v) is 2.83. The van der Waals surface area contributed by atoms with E-state index in [0.717, 1.165) is 5.56 Å². The number of methoxy groups -OCH3 is 1. The van der Waals surface area contributed by atoms with Gasteiger partial charge in [-0.05, 0) is 24.6 Å². The molecular weight excluding hydrogens is 260 g/mol. The number of aliphatic hydroxyl groups is 2. The van der Waals surface area contributed by atoms with Gasteiger partial charge in [-0.15, -0.1) is 0 Å². The lowest BCUT2D eigenvalue weighted by atomic mass is 10.1. The van der Waals surface area contributed by atoms with E-state index in [0.29, 0.717) is 5.69 Å². The van der Waals surface area contributed by atoms with Gasteiger partial charge in [0.25, 0.3) is 0 Å². The molecule has 0 aliphatic rings. The normalized spacial score (nSPS) is 13.7. The largest absolute Gasteiger partial charge is 0.389 e. The van der Waals surface area contributed by atoms with Crippen molar-refractivity contribution >= 4 is 11.7 Å². The van der Waals surface area contributed by atoms with Crippen LogP contribution in [0.15, 0.2) is 24.3 Å². The van der Waals surface area contributed by atoms with Gasteiger partial charge in [0.05, 0.1) is 25.4 Å². The molecule has 0 aliphatic carbocycles. The summed E-state index contributed by atoms with van der Waals surface area (Å²) in [6, 6.07) is 6.63. The molecular formula is C14H22N2O4. The summed E-state index contributed by atoms with van der Waals surface area (Å²) >= 11 is 0. The van der Waals surface area contributed by atoms with Crippen molar-refractivity contribution in [1.82, 2.24) is 4.90 Å². The summed E-state index contributed by atoms with van der Waals surface area (Å²) in [5, 5.41) is 21.7. The summed E-state index contributed by atoms with van der Waals surface area (Å²) in [4.78, 5) is 13.3. The van der Waals surface area contributed by atoms with Crippen LogP contribution in [-0.2, 0) is 4.74 Å². The molecule has 0 fully saturated rings. The van der Waals surface area contributed by atoms with Crippen molar-refractivity contribution in [3.8, 4) is 0 Å². The Morgan fingerprint density at radius 3 is 2.45 bits per heavy atom. The van der Waals surface area contributed by atoms with Gasteiger partial charge in [0, 0.05) is 19.8 Å². The summed E-state index contributed by atoms with van der Waals surface area (Å²) in [6.07, 6.45) is -1.25. The summed E-state index contributed by atoms with van der Waals surface area (Å²) < 4.78 is 4.81. The predicted molar refractivity (Wildman–Crippen MR) is 76.6 cm³/mol. The molecule has 0 saturated heterocycles. The van der Waals surface area contributed by atoms with E-state index in [1.54, 1.807) is 38.2 Å². The number of carbonyl (C=O) groups is 1. The SMILES string of the molecule is COCC(O)CN(C)C(=O)Nc1ccc(C(C)O)cc1. The van der Waals surface area contributed by atoms with E-state index in [1.165, 1.54) is 12.0 Å². The Labute approximate surface area is 119 Å². The second-order valence-corrected chi connectivity index (χ2v) is 4.72. The molecule has 0 aliphatic heterocycles. The van der Waals surface area contributed by atoms with E-state index in [1.807, 2.05) is 0 Å². The van der Waals surface area contributed by atoms with Crippen molar-refractivity contribution in [2.75, 3.05) is 32.6 Å². The standard InChI is InChI=1S/C14H22N2O4/c1-10(17)11-4-6-12(7-5-11)15-14(19)16(2)8-13(18)9-20-3/h4-7,10,13,17-18H,8-9H2,1-3H3,(H,15,19). The molecule has 112 valence electrons. The maximum Gasteiger partial charge on any atom is 0.321 e. The molecule has 1 aromatic carbocycles. The molecule has 0 heterocycles. The molecule has 6 heteroatoms. The van der Waals surface area contributed by atoms with Gasteiger partial charge in [-0.2, -0.15) is 0 Å². The van der Waals surface area contributed by atoms with Crippen LogP contribution in [0.4, 0.5) is 10.5 Å². The lowest BCUT2D eigenvalue weighted by Crippen LogP contribution is -2.38. The quantitative estimate of drug-likeness (QED) is 0.732. The summed E-state index contributed by atoms with van der Waals surface area (Å²) in [5.74, 6) is 0. The van der Waals surface area contributed by atoms with Crippen molar-refractivity contribution in [2.24, 2.45) is 0 Å². The lowest BCUT2D eigenvalue weighted by molar-refractivity contribution is 0.0501. The Hall–Kier alpha value is -1.63. The van der Waals surface area contributed by atoms with Gasteiger partial charge < -0.3 is 25.2 Å². The Bertz CT molecular complexity index is 420. The number of likely N-dealkylation sites (N-methyl/N-ethyl adjacent to an activating group) is 1. The zero-order chi connectivity index (χ0) is 15.1. The molecule has 6 nitrogen and oxygen atoms in total. The van der Waals surface area contributed by atoms with E-state index < -0.39 is 12.2 Å². The van der Waals surface area contributed by atoms with Crippen LogP contribution >= 0.6 is 0 Å². The van der Waals surface area contributed by atoms with Gasteiger partial charge in [0.15, 0.2) is 0 Å². The average molecular weight is 282 g/mol. The van der Waals surface area contributed by atoms with Gasteiger partial charge >= 0.3 is 6.03 Å². The van der Waals surface area contributed by atoms with Crippen molar-refractivity contribution < 1.29 is 19.7 Å². The molecule has 0 spiro atoms. The molecule has 2 unspecified atom stereocenters. The summed E-state index contributed by atoms with van der Waals surface area (Å²) in [6.45, 7) is 2.05. The van der Waals surface area contributed by atoms with E-state index in [9.17, 15) is 15.0 Å². The maximum atomic E-state index is 11.9. The number of nitrogens with one attached hydrogen (secondary N) is 1. The number of amides is 2. The minimum absolute atomic E-state index is 0.181. The van der Waals surface area contributed by atoms with Crippen LogP contribution in [0.3, 0.4) is 0 Å². The Balaban J connectivity index is 2.52. The van der Waals surface area contributed by atoms with Crippen molar-refractivity contribution in [1.29, 1.82) is 0 Å². The fourth-order valence-electron chi connectivity index (χ4n) is 1.71. The molecule has 0 aromatic heterocycles. The van der Waals surface area contributed by atoms with Crippen LogP contribution in [0.5, 0.6) is 0 Å². The molecule has 0 bridgehead atoms. The number of nitrogens with zero attached hydrogens (tertiary/aromatic N) is 1. The van der Waals surface area contributed by atoms with Gasteiger partial charge in [0.2, 0.25) is 0 Å². The summed E-state index contributed by atoms with van der Waals surface area (Å²) in [7, 11) is 3.09. The highest BCUT2D eigenvalue weighted by molar-refractivity contribution is 5.89. The fourth-order valence-corrected chi connectivity index (χ4v) is 1.71. The highest BCUT2D eigenvalue weighted by Crippen LogP contribution is 2.15. The Morgan fingerprint density at radius 1 is 1.35 bits per heavy atom. The van der Waals surface area contributed by atoms with Gasteiger partial charge in [-0.3, -0.25) is 0 Å². The number of rotatable bonds is 6. The zero-order valence-electron chi connectivity index (χ0n) is 12.0. The predicted octanol–water partition coefficient (Wildman–Crippen LogP) is 1.21. The van der Waals surface area contributed by atoms with E-state index in [-0.39, 0.29) is 19.2 Å². The number of ether oxygens (including phenoxy) is 1. The third kappa shape index (κ3) is 5.16. The first-order valence-corrected chi connectivity index (χ1v) is 6.41.